The van der Waals surface area contributed by atoms with Gasteiger partial charge < -0.3 is 4.42 Å². The lowest BCUT2D eigenvalue weighted by Crippen LogP contribution is -1.86. The van der Waals surface area contributed by atoms with E-state index >= 15 is 0 Å². The van der Waals surface area contributed by atoms with E-state index in [9.17, 15) is 0 Å². The summed E-state index contributed by atoms with van der Waals surface area (Å²) in [6, 6.07) is 1.95. The minimum absolute atomic E-state index is 0.302. The molecule has 0 fully saturated rings. The molecule has 15 heavy (non-hydrogen) atoms. The van der Waals surface area contributed by atoms with Crippen LogP contribution in [-0.2, 0) is 0 Å². The van der Waals surface area contributed by atoms with Gasteiger partial charge >= 0.3 is 0 Å². The number of rotatable bonds is 1. The molecule has 0 saturated heterocycles. The van der Waals surface area contributed by atoms with Crippen molar-refractivity contribution in [3.63, 3.8) is 0 Å². The molecular formula is C12H14ClNO. The fourth-order valence-electron chi connectivity index (χ4n) is 1.62. The molecule has 0 aliphatic rings. The fraction of sp³-hybridized carbons (Fsp3) is 0.417. The Morgan fingerprint density at radius 3 is 2.60 bits per heavy atom. The summed E-state index contributed by atoms with van der Waals surface area (Å²) >= 11 is 6.16. The van der Waals surface area contributed by atoms with Crippen molar-refractivity contribution < 1.29 is 4.42 Å². The van der Waals surface area contributed by atoms with Gasteiger partial charge in [-0.3, -0.25) is 0 Å². The standard InChI is InChI=1S/C12H14ClNO/c1-6(2)12-14-11-8(4)10(13)7(3)5-9(11)15-12/h5-6H,1-4H3. The van der Waals surface area contributed by atoms with Crippen LogP contribution in [0.3, 0.4) is 0 Å². The lowest BCUT2D eigenvalue weighted by atomic mass is 10.1. The molecule has 0 aliphatic heterocycles. The van der Waals surface area contributed by atoms with Crippen LogP contribution in [-0.4, -0.2) is 4.98 Å². The molecule has 2 nitrogen and oxygen atoms in total. The van der Waals surface area contributed by atoms with Gasteiger partial charge in [-0.15, -0.1) is 0 Å². The third-order valence-electron chi connectivity index (χ3n) is 2.54. The summed E-state index contributed by atoms with van der Waals surface area (Å²) in [6.45, 7) is 8.08. The van der Waals surface area contributed by atoms with Gasteiger partial charge in [-0.25, -0.2) is 4.98 Å². The molecule has 0 amide bonds. The Hall–Kier alpha value is -1.02. The monoisotopic (exact) mass is 223 g/mol. The summed E-state index contributed by atoms with van der Waals surface area (Å²) < 4.78 is 5.68. The van der Waals surface area contributed by atoms with E-state index in [4.69, 9.17) is 16.0 Å². The Balaban J connectivity index is 2.76. The Labute approximate surface area is 94.3 Å². The first-order valence-corrected chi connectivity index (χ1v) is 5.44. The van der Waals surface area contributed by atoms with Crippen LogP contribution < -0.4 is 0 Å². The van der Waals surface area contributed by atoms with Crippen LogP contribution in [0.15, 0.2) is 10.5 Å². The average molecular weight is 224 g/mol. The molecule has 2 aromatic rings. The normalized spacial score (nSPS) is 11.6. The SMILES string of the molecule is Cc1cc2oc(C(C)C)nc2c(C)c1Cl. The van der Waals surface area contributed by atoms with Gasteiger partial charge in [0.15, 0.2) is 11.5 Å². The molecule has 0 spiro atoms. The van der Waals surface area contributed by atoms with Crippen LogP contribution in [0.2, 0.25) is 5.02 Å². The number of oxazole rings is 1. The van der Waals surface area contributed by atoms with Crippen molar-refractivity contribution >= 4 is 22.7 Å². The quantitative estimate of drug-likeness (QED) is 0.724. The van der Waals surface area contributed by atoms with Crippen molar-refractivity contribution in [1.29, 1.82) is 0 Å². The maximum absolute atomic E-state index is 6.16. The van der Waals surface area contributed by atoms with E-state index in [0.717, 1.165) is 33.1 Å². The van der Waals surface area contributed by atoms with Gasteiger partial charge in [0.1, 0.15) is 5.52 Å². The van der Waals surface area contributed by atoms with Gasteiger partial charge in [0.2, 0.25) is 0 Å². The molecule has 2 rings (SSSR count). The largest absolute Gasteiger partial charge is 0.440 e. The number of hydrogen-bond donors (Lipinski definition) is 0. The highest BCUT2D eigenvalue weighted by Crippen LogP contribution is 2.30. The van der Waals surface area contributed by atoms with Crippen molar-refractivity contribution in [1.82, 2.24) is 4.98 Å². The summed E-state index contributed by atoms with van der Waals surface area (Å²) in [5, 5.41) is 0.783. The molecule has 0 unspecified atom stereocenters. The minimum atomic E-state index is 0.302. The van der Waals surface area contributed by atoms with Crippen LogP contribution in [0.5, 0.6) is 0 Å². The molecule has 0 saturated carbocycles. The fourth-order valence-corrected chi connectivity index (χ4v) is 1.77. The number of halogens is 1. The zero-order chi connectivity index (χ0) is 11.2. The number of aromatic nitrogens is 1. The zero-order valence-electron chi connectivity index (χ0n) is 9.39. The third kappa shape index (κ3) is 1.63. The average Bonchev–Trinajstić information content (AvgIpc) is 2.58. The number of fused-ring (bicyclic) bond motifs is 1. The van der Waals surface area contributed by atoms with E-state index < -0.39 is 0 Å². The predicted molar refractivity (Wildman–Crippen MR) is 62.6 cm³/mol. The number of nitrogens with zero attached hydrogens (tertiary/aromatic N) is 1. The summed E-state index contributed by atoms with van der Waals surface area (Å²) in [5.41, 5.74) is 3.75. The molecule has 0 N–H and O–H groups in total. The van der Waals surface area contributed by atoms with Gasteiger partial charge in [0.25, 0.3) is 0 Å². The van der Waals surface area contributed by atoms with Crippen molar-refractivity contribution in [2.45, 2.75) is 33.6 Å². The maximum Gasteiger partial charge on any atom is 0.198 e. The van der Waals surface area contributed by atoms with Crippen LogP contribution in [0, 0.1) is 13.8 Å². The topological polar surface area (TPSA) is 26.0 Å². The summed E-state index contributed by atoms with van der Waals surface area (Å²) in [5.74, 6) is 1.07. The number of aryl methyl sites for hydroxylation is 2. The molecule has 1 aromatic heterocycles. The Bertz CT molecular complexity index is 514. The molecule has 0 bridgehead atoms. The van der Waals surface area contributed by atoms with E-state index in [0.29, 0.717) is 5.92 Å². The summed E-state index contributed by atoms with van der Waals surface area (Å²) in [7, 11) is 0. The van der Waals surface area contributed by atoms with E-state index in [1.807, 2.05) is 19.9 Å². The van der Waals surface area contributed by atoms with Crippen LogP contribution in [0.1, 0.15) is 36.8 Å². The Kier molecular flexibility index (Phi) is 2.47. The van der Waals surface area contributed by atoms with E-state index in [1.165, 1.54) is 0 Å². The number of hydrogen-bond acceptors (Lipinski definition) is 2. The molecular weight excluding hydrogens is 210 g/mol. The lowest BCUT2D eigenvalue weighted by molar-refractivity contribution is 0.501. The molecule has 0 aliphatic carbocycles. The smallest absolute Gasteiger partial charge is 0.198 e. The Morgan fingerprint density at radius 2 is 2.00 bits per heavy atom. The van der Waals surface area contributed by atoms with E-state index in [-0.39, 0.29) is 0 Å². The zero-order valence-corrected chi connectivity index (χ0v) is 10.1. The molecule has 3 heteroatoms. The van der Waals surface area contributed by atoms with Gasteiger partial charge in [-0.2, -0.15) is 0 Å². The van der Waals surface area contributed by atoms with Gasteiger partial charge in [0, 0.05) is 10.9 Å². The molecule has 80 valence electrons. The van der Waals surface area contributed by atoms with Crippen molar-refractivity contribution in [3.8, 4) is 0 Å². The van der Waals surface area contributed by atoms with E-state index in [1.54, 1.807) is 0 Å². The van der Waals surface area contributed by atoms with Crippen LogP contribution in [0.25, 0.3) is 11.1 Å². The van der Waals surface area contributed by atoms with Crippen molar-refractivity contribution in [3.05, 3.63) is 28.1 Å². The molecule has 1 heterocycles. The van der Waals surface area contributed by atoms with Crippen LogP contribution in [0.4, 0.5) is 0 Å². The molecule has 1 aromatic carbocycles. The Morgan fingerprint density at radius 1 is 1.33 bits per heavy atom. The predicted octanol–water partition coefficient (Wildman–Crippen LogP) is 4.22. The second kappa shape index (κ2) is 3.53. The first-order valence-electron chi connectivity index (χ1n) is 5.07. The lowest BCUT2D eigenvalue weighted by Gasteiger charge is -2.00. The van der Waals surface area contributed by atoms with Crippen molar-refractivity contribution in [2.24, 2.45) is 0 Å². The highest BCUT2D eigenvalue weighted by Gasteiger charge is 2.14. The maximum atomic E-state index is 6.16. The first kappa shape index (κ1) is 10.5. The second-order valence-corrected chi connectivity index (χ2v) is 4.56. The van der Waals surface area contributed by atoms with Gasteiger partial charge in [-0.1, -0.05) is 25.4 Å². The van der Waals surface area contributed by atoms with Gasteiger partial charge in [0.05, 0.1) is 0 Å². The highest BCUT2D eigenvalue weighted by atomic mass is 35.5. The number of benzene rings is 1. The first-order chi connectivity index (χ1) is 7.00. The third-order valence-corrected chi connectivity index (χ3v) is 3.12. The van der Waals surface area contributed by atoms with Gasteiger partial charge in [-0.05, 0) is 31.0 Å². The summed E-state index contributed by atoms with van der Waals surface area (Å²) in [4.78, 5) is 4.46. The minimum Gasteiger partial charge on any atom is -0.440 e. The van der Waals surface area contributed by atoms with E-state index in [2.05, 4.69) is 18.8 Å². The molecule has 0 radical (unpaired) electrons. The second-order valence-electron chi connectivity index (χ2n) is 4.19. The van der Waals surface area contributed by atoms with Crippen molar-refractivity contribution in [2.75, 3.05) is 0 Å². The summed E-state index contributed by atoms with van der Waals surface area (Å²) in [6.07, 6.45) is 0. The highest BCUT2D eigenvalue weighted by molar-refractivity contribution is 6.33. The molecule has 0 atom stereocenters. The van der Waals surface area contributed by atoms with Crippen LogP contribution >= 0.6 is 11.6 Å².